The molecule has 0 aliphatic carbocycles. The van der Waals surface area contributed by atoms with E-state index in [2.05, 4.69) is 0 Å². The van der Waals surface area contributed by atoms with Crippen LogP contribution >= 0.6 is 0 Å². The van der Waals surface area contributed by atoms with Crippen LogP contribution in [0.3, 0.4) is 0 Å². The predicted octanol–water partition coefficient (Wildman–Crippen LogP) is 2.38. The monoisotopic (exact) mass is 314 g/mol. The van der Waals surface area contributed by atoms with E-state index >= 15 is 0 Å². The Morgan fingerprint density at radius 3 is 2.14 bits per heavy atom. The van der Waals surface area contributed by atoms with Gasteiger partial charge in [-0.2, -0.15) is 0 Å². The number of esters is 3. The number of carbonyl (C=O) groups is 3. The van der Waals surface area contributed by atoms with E-state index < -0.39 is 35.0 Å². The zero-order chi connectivity index (χ0) is 17.0. The van der Waals surface area contributed by atoms with Crippen LogP contribution in [0.5, 0.6) is 0 Å². The highest BCUT2D eigenvalue weighted by Gasteiger charge is 2.46. The fraction of sp³-hybridized carbons (Fsp3) is 0.812. The van der Waals surface area contributed by atoms with Crippen molar-refractivity contribution in [3.05, 3.63) is 0 Å². The first-order valence-corrected chi connectivity index (χ1v) is 7.83. The molecule has 1 heterocycles. The van der Waals surface area contributed by atoms with Gasteiger partial charge in [-0.3, -0.25) is 4.79 Å². The molecular formula is C16H26O6. The van der Waals surface area contributed by atoms with E-state index in [0.717, 1.165) is 0 Å². The van der Waals surface area contributed by atoms with Crippen molar-refractivity contribution in [2.24, 2.45) is 5.41 Å². The van der Waals surface area contributed by atoms with Crippen LogP contribution in [0.2, 0.25) is 0 Å². The second-order valence-electron chi connectivity index (χ2n) is 6.18. The second kappa shape index (κ2) is 7.11. The Kier molecular flexibility index (Phi) is 5.97. The van der Waals surface area contributed by atoms with Crippen LogP contribution < -0.4 is 0 Å². The largest absolute Gasteiger partial charge is 0.463 e. The van der Waals surface area contributed by atoms with Gasteiger partial charge in [0.1, 0.15) is 0 Å². The van der Waals surface area contributed by atoms with Crippen molar-refractivity contribution in [1.82, 2.24) is 0 Å². The van der Waals surface area contributed by atoms with Crippen molar-refractivity contribution in [3.63, 3.8) is 0 Å². The average molecular weight is 314 g/mol. The summed E-state index contributed by atoms with van der Waals surface area (Å²) < 4.78 is 15.5. The standard InChI is InChI=1S/C16H26O6/c1-6-15(4,5)13(18)22-16(7-2,8-3)14(19)21-11-9-10-20-12(11)17/h11H,6-10H2,1-5H3. The number of ether oxygens (including phenoxy) is 3. The number of rotatable bonds is 7. The summed E-state index contributed by atoms with van der Waals surface area (Å²) in [5, 5.41) is 0. The van der Waals surface area contributed by atoms with Gasteiger partial charge in [-0.25, -0.2) is 9.59 Å². The topological polar surface area (TPSA) is 78.9 Å². The Labute approximate surface area is 131 Å². The third-order valence-electron chi connectivity index (χ3n) is 4.38. The lowest BCUT2D eigenvalue weighted by atomic mass is 9.89. The molecule has 0 aromatic carbocycles. The number of carbonyl (C=O) groups excluding carboxylic acids is 3. The van der Waals surface area contributed by atoms with Crippen molar-refractivity contribution in [1.29, 1.82) is 0 Å². The van der Waals surface area contributed by atoms with Crippen molar-refractivity contribution in [2.45, 2.75) is 72.0 Å². The maximum atomic E-state index is 12.5. The molecule has 0 radical (unpaired) electrons. The first kappa shape index (κ1) is 18.5. The Hall–Kier alpha value is -1.59. The molecule has 0 bridgehead atoms. The zero-order valence-electron chi connectivity index (χ0n) is 14.1. The fourth-order valence-electron chi connectivity index (χ4n) is 2.01. The summed E-state index contributed by atoms with van der Waals surface area (Å²) in [6.45, 7) is 9.17. The lowest BCUT2D eigenvalue weighted by molar-refractivity contribution is -0.193. The summed E-state index contributed by atoms with van der Waals surface area (Å²) in [7, 11) is 0. The second-order valence-corrected chi connectivity index (χ2v) is 6.18. The van der Waals surface area contributed by atoms with Crippen LogP contribution in [0, 0.1) is 5.41 Å². The molecule has 1 aliphatic heterocycles. The molecule has 6 nitrogen and oxygen atoms in total. The van der Waals surface area contributed by atoms with Crippen LogP contribution in [-0.2, 0) is 28.6 Å². The minimum atomic E-state index is -1.35. The summed E-state index contributed by atoms with van der Waals surface area (Å²) in [6.07, 6.45) is 0.607. The van der Waals surface area contributed by atoms with Gasteiger partial charge in [-0.05, 0) is 33.1 Å². The molecule has 0 spiro atoms. The lowest BCUT2D eigenvalue weighted by Crippen LogP contribution is -2.47. The van der Waals surface area contributed by atoms with Crippen molar-refractivity contribution in [2.75, 3.05) is 6.61 Å². The molecule has 0 saturated carbocycles. The average Bonchev–Trinajstić information content (AvgIpc) is 2.89. The summed E-state index contributed by atoms with van der Waals surface area (Å²) in [5.41, 5.74) is -2.03. The molecule has 0 amide bonds. The molecule has 0 N–H and O–H groups in total. The number of cyclic esters (lactones) is 1. The van der Waals surface area contributed by atoms with Gasteiger partial charge >= 0.3 is 17.9 Å². The van der Waals surface area contributed by atoms with E-state index in [1.54, 1.807) is 27.7 Å². The fourth-order valence-corrected chi connectivity index (χ4v) is 2.01. The number of hydrogen-bond donors (Lipinski definition) is 0. The highest BCUT2D eigenvalue weighted by atomic mass is 16.6. The molecule has 1 fully saturated rings. The Balaban J connectivity index is 2.87. The minimum Gasteiger partial charge on any atom is -0.463 e. The molecule has 22 heavy (non-hydrogen) atoms. The van der Waals surface area contributed by atoms with Gasteiger partial charge in [-0.1, -0.05) is 20.8 Å². The van der Waals surface area contributed by atoms with E-state index in [4.69, 9.17) is 14.2 Å². The van der Waals surface area contributed by atoms with Gasteiger partial charge in [-0.15, -0.1) is 0 Å². The van der Waals surface area contributed by atoms with Gasteiger partial charge in [0.15, 0.2) is 0 Å². The van der Waals surface area contributed by atoms with E-state index in [1.807, 2.05) is 6.92 Å². The summed E-state index contributed by atoms with van der Waals surface area (Å²) >= 11 is 0. The van der Waals surface area contributed by atoms with Crippen LogP contribution in [0.15, 0.2) is 0 Å². The van der Waals surface area contributed by atoms with Gasteiger partial charge in [0.2, 0.25) is 11.7 Å². The normalized spacial score (nSPS) is 18.8. The van der Waals surface area contributed by atoms with Crippen LogP contribution in [0.1, 0.15) is 60.3 Å². The molecular weight excluding hydrogens is 288 g/mol. The summed E-state index contributed by atoms with van der Waals surface area (Å²) in [5.74, 6) is -1.67. The summed E-state index contributed by atoms with van der Waals surface area (Å²) in [4.78, 5) is 36.2. The highest BCUT2D eigenvalue weighted by Crippen LogP contribution is 2.30. The molecule has 126 valence electrons. The van der Waals surface area contributed by atoms with E-state index in [0.29, 0.717) is 12.8 Å². The van der Waals surface area contributed by atoms with Crippen LogP contribution in [-0.4, -0.2) is 36.2 Å². The highest BCUT2D eigenvalue weighted by molar-refractivity contribution is 5.87. The lowest BCUT2D eigenvalue weighted by Gasteiger charge is -2.33. The molecule has 0 aromatic rings. The Bertz CT molecular complexity index is 436. The molecule has 1 atom stereocenters. The smallest absolute Gasteiger partial charge is 0.351 e. The molecule has 1 unspecified atom stereocenters. The van der Waals surface area contributed by atoms with E-state index in [-0.39, 0.29) is 19.4 Å². The Morgan fingerprint density at radius 2 is 1.73 bits per heavy atom. The third-order valence-corrected chi connectivity index (χ3v) is 4.38. The molecule has 1 aliphatic rings. The predicted molar refractivity (Wildman–Crippen MR) is 78.9 cm³/mol. The van der Waals surface area contributed by atoms with Crippen molar-refractivity contribution in [3.8, 4) is 0 Å². The SMILES string of the molecule is CCC(C)(C)C(=O)OC(CC)(CC)C(=O)OC1CCOC1=O. The third kappa shape index (κ3) is 3.78. The maximum Gasteiger partial charge on any atom is 0.351 e. The molecule has 1 rings (SSSR count). The first-order valence-electron chi connectivity index (χ1n) is 7.83. The molecule has 6 heteroatoms. The minimum absolute atomic E-state index is 0.241. The zero-order valence-corrected chi connectivity index (χ0v) is 14.1. The van der Waals surface area contributed by atoms with Crippen molar-refractivity contribution < 1.29 is 28.6 Å². The van der Waals surface area contributed by atoms with Crippen LogP contribution in [0.4, 0.5) is 0 Å². The van der Waals surface area contributed by atoms with Gasteiger partial charge < -0.3 is 14.2 Å². The maximum absolute atomic E-state index is 12.5. The first-order chi connectivity index (χ1) is 10.2. The van der Waals surface area contributed by atoms with Crippen LogP contribution in [0.25, 0.3) is 0 Å². The van der Waals surface area contributed by atoms with Gasteiger partial charge in [0, 0.05) is 6.42 Å². The Morgan fingerprint density at radius 1 is 1.14 bits per heavy atom. The van der Waals surface area contributed by atoms with E-state index in [1.165, 1.54) is 0 Å². The van der Waals surface area contributed by atoms with E-state index in [9.17, 15) is 14.4 Å². The number of hydrogen-bond acceptors (Lipinski definition) is 6. The van der Waals surface area contributed by atoms with Gasteiger partial charge in [0.05, 0.1) is 12.0 Å². The van der Waals surface area contributed by atoms with Crippen molar-refractivity contribution >= 4 is 17.9 Å². The molecule has 0 aromatic heterocycles. The molecule has 1 saturated heterocycles. The summed E-state index contributed by atoms with van der Waals surface area (Å²) in [6, 6.07) is 0. The van der Waals surface area contributed by atoms with Gasteiger partial charge in [0.25, 0.3) is 0 Å². The quantitative estimate of drug-likeness (QED) is 0.530.